The zero-order chi connectivity index (χ0) is 19.3. The predicted octanol–water partition coefficient (Wildman–Crippen LogP) is 3.79. The van der Waals surface area contributed by atoms with Crippen LogP contribution in [0.4, 0.5) is 5.69 Å². The molecule has 27 heavy (non-hydrogen) atoms. The summed E-state index contributed by atoms with van der Waals surface area (Å²) in [7, 11) is 0. The van der Waals surface area contributed by atoms with E-state index in [9.17, 15) is 4.79 Å². The Morgan fingerprint density at radius 3 is 2.22 bits per heavy atom. The quantitative estimate of drug-likeness (QED) is 0.875. The van der Waals surface area contributed by atoms with Crippen molar-refractivity contribution in [2.45, 2.75) is 32.6 Å². The summed E-state index contributed by atoms with van der Waals surface area (Å²) in [6.07, 6.45) is 0.829. The van der Waals surface area contributed by atoms with Crippen LogP contribution < -0.4 is 10.2 Å². The van der Waals surface area contributed by atoms with Crippen molar-refractivity contribution in [1.82, 2.24) is 5.32 Å². The van der Waals surface area contributed by atoms with Gasteiger partial charge in [0.05, 0.1) is 13.2 Å². The molecule has 0 aliphatic carbocycles. The van der Waals surface area contributed by atoms with Gasteiger partial charge in [-0.3, -0.25) is 4.79 Å². The number of anilines is 1. The highest BCUT2D eigenvalue weighted by Crippen LogP contribution is 2.22. The van der Waals surface area contributed by atoms with Gasteiger partial charge in [0.1, 0.15) is 0 Å². The van der Waals surface area contributed by atoms with E-state index in [1.807, 2.05) is 24.3 Å². The Balaban J connectivity index is 1.48. The maximum absolute atomic E-state index is 12.3. The Morgan fingerprint density at radius 2 is 1.63 bits per heavy atom. The van der Waals surface area contributed by atoms with E-state index in [1.165, 1.54) is 16.8 Å². The lowest BCUT2D eigenvalue weighted by Crippen LogP contribution is -2.36. The molecule has 1 fully saturated rings. The van der Waals surface area contributed by atoms with Gasteiger partial charge in [-0.1, -0.05) is 45.0 Å². The normalized spacial score (nSPS) is 14.9. The number of rotatable bonds is 5. The van der Waals surface area contributed by atoms with Crippen LogP contribution in [-0.2, 0) is 16.6 Å². The Bertz CT molecular complexity index is 739. The van der Waals surface area contributed by atoms with Gasteiger partial charge >= 0.3 is 0 Å². The van der Waals surface area contributed by atoms with Gasteiger partial charge in [0, 0.05) is 30.9 Å². The van der Waals surface area contributed by atoms with E-state index in [1.54, 1.807) is 0 Å². The summed E-state index contributed by atoms with van der Waals surface area (Å²) in [5.41, 5.74) is 4.52. The number of ether oxygens (including phenoxy) is 1. The zero-order valence-electron chi connectivity index (χ0n) is 16.6. The molecule has 2 aromatic rings. The first-order chi connectivity index (χ1) is 12.9. The molecule has 4 heteroatoms. The summed E-state index contributed by atoms with van der Waals surface area (Å²) in [5.74, 6) is -0.0135. The van der Waals surface area contributed by atoms with Crippen LogP contribution in [0.3, 0.4) is 0 Å². The number of benzene rings is 2. The number of nitrogens with zero attached hydrogens (tertiary/aromatic N) is 1. The molecule has 0 radical (unpaired) electrons. The average molecular weight is 367 g/mol. The van der Waals surface area contributed by atoms with Gasteiger partial charge in [-0.05, 0) is 47.2 Å². The van der Waals surface area contributed by atoms with Crippen molar-refractivity contribution in [3.63, 3.8) is 0 Å². The zero-order valence-corrected chi connectivity index (χ0v) is 16.6. The van der Waals surface area contributed by atoms with Crippen LogP contribution in [0.1, 0.15) is 42.3 Å². The molecule has 0 bridgehead atoms. The summed E-state index contributed by atoms with van der Waals surface area (Å²) >= 11 is 0. The lowest BCUT2D eigenvalue weighted by Gasteiger charge is -2.28. The molecule has 2 aromatic carbocycles. The van der Waals surface area contributed by atoms with Gasteiger partial charge < -0.3 is 15.0 Å². The first-order valence-corrected chi connectivity index (χ1v) is 9.74. The second kappa shape index (κ2) is 8.57. The van der Waals surface area contributed by atoms with Crippen molar-refractivity contribution in [2.75, 3.05) is 37.7 Å². The first-order valence-electron chi connectivity index (χ1n) is 9.74. The van der Waals surface area contributed by atoms with E-state index < -0.39 is 0 Å². The molecule has 1 amide bonds. The molecule has 144 valence electrons. The largest absolute Gasteiger partial charge is 0.378 e. The number of nitrogens with one attached hydrogen (secondary N) is 1. The number of carbonyl (C=O) groups is 1. The van der Waals surface area contributed by atoms with E-state index in [0.717, 1.165) is 32.7 Å². The fourth-order valence-corrected chi connectivity index (χ4v) is 3.24. The second-order valence-electron chi connectivity index (χ2n) is 8.10. The molecule has 0 aromatic heterocycles. The van der Waals surface area contributed by atoms with Crippen molar-refractivity contribution >= 4 is 11.6 Å². The fraction of sp³-hybridized carbons (Fsp3) is 0.435. The lowest BCUT2D eigenvalue weighted by atomic mass is 9.87. The van der Waals surface area contributed by atoms with Crippen molar-refractivity contribution < 1.29 is 9.53 Å². The van der Waals surface area contributed by atoms with Crippen LogP contribution in [0, 0.1) is 0 Å². The lowest BCUT2D eigenvalue weighted by molar-refractivity contribution is 0.0954. The summed E-state index contributed by atoms with van der Waals surface area (Å²) in [6, 6.07) is 16.5. The number of carbonyl (C=O) groups excluding carboxylic acids is 1. The summed E-state index contributed by atoms with van der Waals surface area (Å²) < 4.78 is 5.40. The molecule has 1 aliphatic rings. The van der Waals surface area contributed by atoms with Crippen LogP contribution >= 0.6 is 0 Å². The van der Waals surface area contributed by atoms with Gasteiger partial charge in [-0.15, -0.1) is 0 Å². The average Bonchev–Trinajstić information content (AvgIpc) is 2.68. The molecule has 1 heterocycles. The van der Waals surface area contributed by atoms with Crippen LogP contribution in [0.2, 0.25) is 0 Å². The van der Waals surface area contributed by atoms with Crippen LogP contribution in [0.5, 0.6) is 0 Å². The minimum Gasteiger partial charge on any atom is -0.378 e. The van der Waals surface area contributed by atoms with Gasteiger partial charge in [0.15, 0.2) is 0 Å². The fourth-order valence-electron chi connectivity index (χ4n) is 3.24. The molecule has 1 N–H and O–H groups in total. The van der Waals surface area contributed by atoms with Crippen molar-refractivity contribution in [3.05, 3.63) is 65.2 Å². The molecule has 1 aliphatic heterocycles. The van der Waals surface area contributed by atoms with Crippen molar-refractivity contribution in [3.8, 4) is 0 Å². The molecule has 0 saturated carbocycles. The third-order valence-electron chi connectivity index (χ3n) is 5.02. The number of hydrogen-bond acceptors (Lipinski definition) is 3. The van der Waals surface area contributed by atoms with Crippen molar-refractivity contribution in [1.29, 1.82) is 0 Å². The van der Waals surface area contributed by atoms with E-state index >= 15 is 0 Å². The highest BCUT2D eigenvalue weighted by Gasteiger charge is 2.14. The number of amides is 1. The van der Waals surface area contributed by atoms with Gasteiger partial charge in [0.25, 0.3) is 5.91 Å². The van der Waals surface area contributed by atoms with Gasteiger partial charge in [-0.25, -0.2) is 0 Å². The Labute approximate surface area is 162 Å². The third kappa shape index (κ3) is 5.33. The molecule has 0 spiro atoms. The topological polar surface area (TPSA) is 41.6 Å². The van der Waals surface area contributed by atoms with E-state index in [0.29, 0.717) is 12.1 Å². The Kier molecular flexibility index (Phi) is 6.17. The molecule has 4 nitrogen and oxygen atoms in total. The molecule has 3 rings (SSSR count). The Morgan fingerprint density at radius 1 is 1.00 bits per heavy atom. The van der Waals surface area contributed by atoms with Crippen LogP contribution in [-0.4, -0.2) is 38.8 Å². The molecular weight excluding hydrogens is 336 g/mol. The van der Waals surface area contributed by atoms with E-state index in [4.69, 9.17) is 4.74 Å². The molecule has 1 saturated heterocycles. The molecule has 0 unspecified atom stereocenters. The minimum atomic E-state index is -0.0135. The monoisotopic (exact) mass is 366 g/mol. The van der Waals surface area contributed by atoms with Crippen LogP contribution in [0.25, 0.3) is 0 Å². The maximum Gasteiger partial charge on any atom is 0.251 e. The molecular formula is C23H30N2O2. The maximum atomic E-state index is 12.3. The first kappa shape index (κ1) is 19.4. The predicted molar refractivity (Wildman–Crippen MR) is 111 cm³/mol. The van der Waals surface area contributed by atoms with E-state index in [2.05, 4.69) is 55.3 Å². The summed E-state index contributed by atoms with van der Waals surface area (Å²) in [6.45, 7) is 10.6. The molecule has 0 atom stereocenters. The highest BCUT2D eigenvalue weighted by molar-refractivity contribution is 5.94. The van der Waals surface area contributed by atoms with Crippen LogP contribution in [0.15, 0.2) is 48.5 Å². The SMILES string of the molecule is CC(C)(C)c1ccc(C(=O)NCCc2ccc(N3CCOCC3)cc2)cc1. The van der Waals surface area contributed by atoms with Gasteiger partial charge in [-0.2, -0.15) is 0 Å². The second-order valence-corrected chi connectivity index (χ2v) is 8.10. The standard InChI is InChI=1S/C23H30N2O2/c1-23(2,3)20-8-6-19(7-9-20)22(26)24-13-12-18-4-10-21(11-5-18)25-14-16-27-17-15-25/h4-11H,12-17H2,1-3H3,(H,24,26). The summed E-state index contributed by atoms with van der Waals surface area (Å²) in [4.78, 5) is 14.7. The Hall–Kier alpha value is -2.33. The van der Waals surface area contributed by atoms with E-state index in [-0.39, 0.29) is 11.3 Å². The smallest absolute Gasteiger partial charge is 0.251 e. The van der Waals surface area contributed by atoms with Gasteiger partial charge in [0.2, 0.25) is 0 Å². The number of hydrogen-bond donors (Lipinski definition) is 1. The van der Waals surface area contributed by atoms with Crippen molar-refractivity contribution in [2.24, 2.45) is 0 Å². The third-order valence-corrected chi connectivity index (χ3v) is 5.02. The highest BCUT2D eigenvalue weighted by atomic mass is 16.5. The number of morpholine rings is 1. The summed E-state index contributed by atoms with van der Waals surface area (Å²) in [5, 5.41) is 3.02. The minimum absolute atomic E-state index is 0.0135.